The number of hydrogen-bond donors (Lipinski definition) is 1. The van der Waals surface area contributed by atoms with Crippen molar-refractivity contribution < 1.29 is 14.3 Å². The number of ether oxygens (including phenoxy) is 1. The van der Waals surface area contributed by atoms with Crippen molar-refractivity contribution in [2.45, 2.75) is 18.9 Å². The van der Waals surface area contributed by atoms with E-state index >= 15 is 0 Å². The largest absolute Gasteiger partial charge is 0.488 e. The summed E-state index contributed by atoms with van der Waals surface area (Å²) >= 11 is 0. The van der Waals surface area contributed by atoms with E-state index in [0.717, 1.165) is 12.8 Å². The number of aromatic nitrogens is 1. The molecule has 1 amide bonds. The smallest absolute Gasteiger partial charge is 0.253 e. The van der Waals surface area contributed by atoms with Crippen LogP contribution in [0.5, 0.6) is 5.75 Å². The van der Waals surface area contributed by atoms with Gasteiger partial charge in [-0.25, -0.2) is 0 Å². The first-order valence-corrected chi connectivity index (χ1v) is 4.62. The second-order valence-corrected chi connectivity index (χ2v) is 3.40. The second kappa shape index (κ2) is 3.68. The first-order valence-electron chi connectivity index (χ1n) is 4.62. The van der Waals surface area contributed by atoms with E-state index in [-0.39, 0.29) is 17.2 Å². The zero-order valence-corrected chi connectivity index (χ0v) is 7.97. The van der Waals surface area contributed by atoms with Crippen LogP contribution < -0.4 is 10.5 Å². The van der Waals surface area contributed by atoms with Crippen molar-refractivity contribution >= 4 is 12.2 Å². The maximum absolute atomic E-state index is 11.2. The third kappa shape index (κ3) is 1.96. The Morgan fingerprint density at radius 2 is 2.27 bits per heavy atom. The summed E-state index contributed by atoms with van der Waals surface area (Å²) in [6.07, 6.45) is 5.31. The van der Waals surface area contributed by atoms with Gasteiger partial charge in [0.25, 0.3) is 5.91 Å². The standard InChI is InChI=1S/C10H10N2O3/c11-10(14)9-6(5-13)3-12-4-8(9)15-7-1-2-7/h3-5,7H,1-2H2,(H2,11,14). The van der Waals surface area contributed by atoms with E-state index in [2.05, 4.69) is 4.98 Å². The van der Waals surface area contributed by atoms with Crippen molar-refractivity contribution in [1.82, 2.24) is 4.98 Å². The van der Waals surface area contributed by atoms with Gasteiger partial charge < -0.3 is 10.5 Å². The highest BCUT2D eigenvalue weighted by atomic mass is 16.5. The van der Waals surface area contributed by atoms with Crippen molar-refractivity contribution in [3.63, 3.8) is 0 Å². The fourth-order valence-corrected chi connectivity index (χ4v) is 1.26. The van der Waals surface area contributed by atoms with E-state index in [0.29, 0.717) is 12.0 Å². The number of primary amides is 1. The minimum absolute atomic E-state index is 0.118. The predicted octanol–water partition coefficient (Wildman–Crippen LogP) is 0.534. The zero-order valence-electron chi connectivity index (χ0n) is 7.97. The van der Waals surface area contributed by atoms with E-state index in [4.69, 9.17) is 10.5 Å². The van der Waals surface area contributed by atoms with Gasteiger partial charge in [-0.05, 0) is 12.8 Å². The number of aldehydes is 1. The Morgan fingerprint density at radius 1 is 1.53 bits per heavy atom. The minimum Gasteiger partial charge on any atom is -0.488 e. The molecule has 0 radical (unpaired) electrons. The molecule has 1 aromatic rings. The highest BCUT2D eigenvalue weighted by molar-refractivity contribution is 6.02. The van der Waals surface area contributed by atoms with Gasteiger partial charge in [0, 0.05) is 11.8 Å². The van der Waals surface area contributed by atoms with Crippen molar-refractivity contribution in [2.24, 2.45) is 5.73 Å². The Bertz CT molecular complexity index is 413. The molecule has 1 saturated carbocycles. The van der Waals surface area contributed by atoms with E-state index in [9.17, 15) is 9.59 Å². The lowest BCUT2D eigenvalue weighted by molar-refractivity contribution is 0.0988. The number of hydrogen-bond acceptors (Lipinski definition) is 4. The average molecular weight is 206 g/mol. The Kier molecular flexibility index (Phi) is 2.37. The first kappa shape index (κ1) is 9.64. The molecule has 1 aliphatic rings. The molecule has 0 aromatic carbocycles. The second-order valence-electron chi connectivity index (χ2n) is 3.40. The molecule has 0 aliphatic heterocycles. The molecule has 1 heterocycles. The third-order valence-electron chi connectivity index (χ3n) is 2.13. The monoisotopic (exact) mass is 206 g/mol. The van der Waals surface area contributed by atoms with Gasteiger partial charge in [0.2, 0.25) is 0 Å². The molecular formula is C10H10N2O3. The predicted molar refractivity (Wildman–Crippen MR) is 51.8 cm³/mol. The summed E-state index contributed by atoms with van der Waals surface area (Å²) in [5.41, 5.74) is 5.47. The molecule has 2 N–H and O–H groups in total. The number of pyridine rings is 1. The van der Waals surface area contributed by atoms with Crippen molar-refractivity contribution in [3.05, 3.63) is 23.5 Å². The molecule has 5 heteroatoms. The minimum atomic E-state index is -0.671. The van der Waals surface area contributed by atoms with Crippen LogP contribution in [0.15, 0.2) is 12.4 Å². The summed E-state index contributed by atoms with van der Waals surface area (Å²) in [5.74, 6) is -0.371. The third-order valence-corrected chi connectivity index (χ3v) is 2.13. The molecule has 0 unspecified atom stereocenters. The van der Waals surface area contributed by atoms with E-state index in [1.807, 2.05) is 0 Å². The Balaban J connectivity index is 2.41. The van der Waals surface area contributed by atoms with Crippen molar-refractivity contribution in [1.29, 1.82) is 0 Å². The fourth-order valence-electron chi connectivity index (χ4n) is 1.26. The molecule has 2 rings (SSSR count). The summed E-state index contributed by atoms with van der Waals surface area (Å²) in [4.78, 5) is 25.7. The van der Waals surface area contributed by atoms with Crippen LogP contribution in [0.4, 0.5) is 0 Å². The molecule has 0 spiro atoms. The summed E-state index contributed by atoms with van der Waals surface area (Å²) in [7, 11) is 0. The molecule has 0 saturated heterocycles. The number of amides is 1. The topological polar surface area (TPSA) is 82.3 Å². The van der Waals surface area contributed by atoms with Gasteiger partial charge in [-0.1, -0.05) is 0 Å². The average Bonchev–Trinajstić information content (AvgIpc) is 3.01. The lowest BCUT2D eigenvalue weighted by atomic mass is 10.1. The van der Waals surface area contributed by atoms with Crippen molar-refractivity contribution in [3.8, 4) is 5.75 Å². The fraction of sp³-hybridized carbons (Fsp3) is 0.300. The van der Waals surface area contributed by atoms with Gasteiger partial charge >= 0.3 is 0 Å². The highest BCUT2D eigenvalue weighted by Crippen LogP contribution is 2.29. The van der Waals surface area contributed by atoms with Crippen LogP contribution in [0.3, 0.4) is 0 Å². The normalized spacial score (nSPS) is 14.7. The van der Waals surface area contributed by atoms with Crippen LogP contribution in [0, 0.1) is 0 Å². The van der Waals surface area contributed by atoms with E-state index in [1.165, 1.54) is 12.4 Å². The van der Waals surface area contributed by atoms with Crippen LogP contribution >= 0.6 is 0 Å². The number of carbonyl (C=O) groups excluding carboxylic acids is 2. The lowest BCUT2D eigenvalue weighted by Crippen LogP contribution is -2.16. The molecule has 1 aliphatic carbocycles. The molecular weight excluding hydrogens is 196 g/mol. The van der Waals surface area contributed by atoms with Crippen LogP contribution in [0.25, 0.3) is 0 Å². The molecule has 5 nitrogen and oxygen atoms in total. The van der Waals surface area contributed by atoms with E-state index in [1.54, 1.807) is 0 Å². The van der Waals surface area contributed by atoms with Crippen LogP contribution in [0.2, 0.25) is 0 Å². The Hall–Kier alpha value is -1.91. The number of rotatable bonds is 4. The number of carbonyl (C=O) groups is 2. The maximum Gasteiger partial charge on any atom is 0.253 e. The molecule has 0 bridgehead atoms. The number of nitrogens with zero attached hydrogens (tertiary/aromatic N) is 1. The van der Waals surface area contributed by atoms with Gasteiger partial charge in [-0.3, -0.25) is 14.6 Å². The Morgan fingerprint density at radius 3 is 2.80 bits per heavy atom. The van der Waals surface area contributed by atoms with Crippen molar-refractivity contribution in [2.75, 3.05) is 0 Å². The molecule has 0 atom stereocenters. The quantitative estimate of drug-likeness (QED) is 0.728. The van der Waals surface area contributed by atoms with Gasteiger partial charge in [0.05, 0.1) is 17.9 Å². The lowest BCUT2D eigenvalue weighted by Gasteiger charge is -2.08. The van der Waals surface area contributed by atoms with Crippen LogP contribution in [0.1, 0.15) is 33.6 Å². The van der Waals surface area contributed by atoms with Gasteiger partial charge in [0.1, 0.15) is 0 Å². The number of nitrogens with two attached hydrogens (primary N) is 1. The van der Waals surface area contributed by atoms with Gasteiger partial charge in [-0.2, -0.15) is 0 Å². The van der Waals surface area contributed by atoms with Gasteiger partial charge in [0.15, 0.2) is 12.0 Å². The summed E-state index contributed by atoms with van der Waals surface area (Å²) in [6, 6.07) is 0. The van der Waals surface area contributed by atoms with Crippen LogP contribution in [-0.4, -0.2) is 23.3 Å². The van der Waals surface area contributed by atoms with Crippen LogP contribution in [-0.2, 0) is 0 Å². The molecule has 1 fully saturated rings. The zero-order chi connectivity index (χ0) is 10.8. The first-order chi connectivity index (χ1) is 7.22. The highest BCUT2D eigenvalue weighted by Gasteiger charge is 2.26. The molecule has 1 aromatic heterocycles. The Labute approximate surface area is 86.2 Å². The maximum atomic E-state index is 11.2. The SMILES string of the molecule is NC(=O)c1c(C=O)cncc1OC1CC1. The molecule has 78 valence electrons. The van der Waals surface area contributed by atoms with Gasteiger partial charge in [-0.15, -0.1) is 0 Å². The summed E-state index contributed by atoms with van der Waals surface area (Å²) in [5, 5.41) is 0. The molecule has 15 heavy (non-hydrogen) atoms. The summed E-state index contributed by atoms with van der Waals surface area (Å²) in [6.45, 7) is 0. The van der Waals surface area contributed by atoms with E-state index < -0.39 is 5.91 Å². The summed E-state index contributed by atoms with van der Waals surface area (Å²) < 4.78 is 5.44.